The summed E-state index contributed by atoms with van der Waals surface area (Å²) in [6, 6.07) is 0.517. The number of rotatable bonds is 2. The maximum atomic E-state index is 5.48. The van der Waals surface area contributed by atoms with Crippen molar-refractivity contribution in [1.29, 1.82) is 0 Å². The van der Waals surface area contributed by atoms with Crippen molar-refractivity contribution in [3.63, 3.8) is 0 Å². The average molecular weight is 203 g/mol. The molecule has 1 aliphatic rings. The molecule has 0 aromatic heterocycles. The van der Waals surface area contributed by atoms with Gasteiger partial charge >= 0.3 is 0 Å². The molecule has 0 aliphatic carbocycles. The van der Waals surface area contributed by atoms with Crippen LogP contribution in [0, 0.1) is 0 Å². The highest BCUT2D eigenvalue weighted by Crippen LogP contribution is 2.21. The molecule has 0 aromatic carbocycles. The molecule has 1 rings (SSSR count). The zero-order valence-electron chi connectivity index (χ0n) is 9.09. The Bertz CT molecular complexity index is 155. The largest absolute Gasteiger partial charge is 0.380 e. The molecule has 2 atom stereocenters. The summed E-state index contributed by atoms with van der Waals surface area (Å²) in [7, 11) is 0. The van der Waals surface area contributed by atoms with Crippen molar-refractivity contribution in [2.45, 2.75) is 44.0 Å². The normalized spacial score (nSPS) is 30.5. The summed E-state index contributed by atoms with van der Waals surface area (Å²) in [5.74, 6) is 0. The van der Waals surface area contributed by atoms with Crippen LogP contribution in [-0.4, -0.2) is 36.3 Å². The Morgan fingerprint density at radius 3 is 2.62 bits per heavy atom. The first-order valence-corrected chi connectivity index (χ1v) is 6.20. The second-order valence-electron chi connectivity index (χ2n) is 4.64. The van der Waals surface area contributed by atoms with Gasteiger partial charge in [-0.1, -0.05) is 0 Å². The molecule has 2 nitrogen and oxygen atoms in total. The van der Waals surface area contributed by atoms with Gasteiger partial charge in [-0.3, -0.25) is 0 Å². The summed E-state index contributed by atoms with van der Waals surface area (Å²) in [6.07, 6.45) is 3.36. The first-order valence-electron chi connectivity index (χ1n) is 4.91. The molecule has 3 heteroatoms. The zero-order chi connectivity index (χ0) is 9.90. The molecule has 13 heavy (non-hydrogen) atoms. The second-order valence-corrected chi connectivity index (χ2v) is 5.72. The van der Waals surface area contributed by atoms with Crippen LogP contribution in [0.25, 0.3) is 0 Å². The highest BCUT2D eigenvalue weighted by atomic mass is 32.2. The molecular weight excluding hydrogens is 182 g/mol. The Morgan fingerprint density at radius 1 is 1.38 bits per heavy atom. The fourth-order valence-electron chi connectivity index (χ4n) is 1.69. The number of thioether (sulfide) groups is 1. The van der Waals surface area contributed by atoms with Crippen molar-refractivity contribution in [1.82, 2.24) is 5.32 Å². The summed E-state index contributed by atoms with van der Waals surface area (Å²) < 4.78 is 5.48. The number of hydrogen-bond acceptors (Lipinski definition) is 3. The quantitative estimate of drug-likeness (QED) is 0.740. The number of ether oxygens (including phenoxy) is 1. The standard InChI is InChI=1S/C10H21NOS/c1-10(2,3)11-8-7-12-6-5-9(8)13-4/h8-9,11H,5-7H2,1-4H3. The summed E-state index contributed by atoms with van der Waals surface area (Å²) in [5.41, 5.74) is 0.194. The molecule has 0 spiro atoms. The fraction of sp³-hybridized carbons (Fsp3) is 1.00. The van der Waals surface area contributed by atoms with Crippen LogP contribution in [-0.2, 0) is 4.74 Å². The van der Waals surface area contributed by atoms with Crippen molar-refractivity contribution >= 4 is 11.8 Å². The van der Waals surface area contributed by atoms with Crippen molar-refractivity contribution in [2.24, 2.45) is 0 Å². The van der Waals surface area contributed by atoms with E-state index in [1.54, 1.807) is 0 Å². The highest BCUT2D eigenvalue weighted by Gasteiger charge is 2.27. The lowest BCUT2D eigenvalue weighted by molar-refractivity contribution is 0.0657. The van der Waals surface area contributed by atoms with Gasteiger partial charge in [-0.05, 0) is 33.4 Å². The minimum atomic E-state index is 0.194. The van der Waals surface area contributed by atoms with Gasteiger partial charge in [0.05, 0.1) is 6.61 Å². The van der Waals surface area contributed by atoms with Gasteiger partial charge in [-0.2, -0.15) is 11.8 Å². The van der Waals surface area contributed by atoms with Crippen molar-refractivity contribution in [2.75, 3.05) is 19.5 Å². The van der Waals surface area contributed by atoms with Gasteiger partial charge in [0.2, 0.25) is 0 Å². The van der Waals surface area contributed by atoms with Crippen LogP contribution in [0.5, 0.6) is 0 Å². The number of hydrogen-bond donors (Lipinski definition) is 1. The summed E-state index contributed by atoms with van der Waals surface area (Å²) in [5, 5.41) is 4.33. The van der Waals surface area contributed by atoms with E-state index in [0.29, 0.717) is 11.3 Å². The monoisotopic (exact) mass is 203 g/mol. The van der Waals surface area contributed by atoms with Gasteiger partial charge < -0.3 is 10.1 Å². The molecule has 1 aliphatic heterocycles. The number of nitrogens with one attached hydrogen (secondary N) is 1. The predicted molar refractivity (Wildman–Crippen MR) is 59.4 cm³/mol. The van der Waals surface area contributed by atoms with Crippen LogP contribution < -0.4 is 5.32 Å². The summed E-state index contributed by atoms with van der Waals surface area (Å²) >= 11 is 1.95. The molecule has 1 saturated heterocycles. The Labute approximate surface area is 85.8 Å². The van der Waals surface area contributed by atoms with Gasteiger partial charge in [0.25, 0.3) is 0 Å². The minimum Gasteiger partial charge on any atom is -0.380 e. The first kappa shape index (κ1) is 11.3. The van der Waals surface area contributed by atoms with Crippen LogP contribution >= 0.6 is 11.8 Å². The molecule has 78 valence electrons. The van der Waals surface area contributed by atoms with Crippen LogP contribution in [0.2, 0.25) is 0 Å². The van der Waals surface area contributed by atoms with E-state index in [1.807, 2.05) is 11.8 Å². The average Bonchev–Trinajstić information content (AvgIpc) is 2.02. The third-order valence-corrected chi connectivity index (χ3v) is 3.38. The lowest BCUT2D eigenvalue weighted by Gasteiger charge is -2.36. The Balaban J connectivity index is 2.45. The SMILES string of the molecule is CSC1CCOCC1NC(C)(C)C. The molecule has 2 unspecified atom stereocenters. The van der Waals surface area contributed by atoms with E-state index >= 15 is 0 Å². The van der Waals surface area contributed by atoms with E-state index in [4.69, 9.17) is 4.74 Å². The first-order chi connectivity index (χ1) is 6.03. The van der Waals surface area contributed by atoms with Crippen molar-refractivity contribution in [3.8, 4) is 0 Å². The molecule has 0 bridgehead atoms. The van der Waals surface area contributed by atoms with E-state index in [-0.39, 0.29) is 5.54 Å². The summed E-state index contributed by atoms with van der Waals surface area (Å²) in [6.45, 7) is 8.41. The van der Waals surface area contributed by atoms with E-state index in [9.17, 15) is 0 Å². The van der Waals surface area contributed by atoms with Crippen LogP contribution in [0.15, 0.2) is 0 Å². The van der Waals surface area contributed by atoms with Gasteiger partial charge in [-0.25, -0.2) is 0 Å². The van der Waals surface area contributed by atoms with Gasteiger partial charge in [0, 0.05) is 23.4 Å². The smallest absolute Gasteiger partial charge is 0.0630 e. The Kier molecular flexibility index (Phi) is 4.07. The zero-order valence-corrected chi connectivity index (χ0v) is 9.91. The maximum absolute atomic E-state index is 5.48. The Morgan fingerprint density at radius 2 is 2.08 bits per heavy atom. The molecule has 1 fully saturated rings. The lowest BCUT2D eigenvalue weighted by Crippen LogP contribution is -2.52. The highest BCUT2D eigenvalue weighted by molar-refractivity contribution is 7.99. The van der Waals surface area contributed by atoms with E-state index < -0.39 is 0 Å². The minimum absolute atomic E-state index is 0.194. The summed E-state index contributed by atoms with van der Waals surface area (Å²) in [4.78, 5) is 0. The molecular formula is C10H21NOS. The van der Waals surface area contributed by atoms with E-state index in [0.717, 1.165) is 13.2 Å². The van der Waals surface area contributed by atoms with Gasteiger partial charge in [0.15, 0.2) is 0 Å². The van der Waals surface area contributed by atoms with Crippen LogP contribution in [0.4, 0.5) is 0 Å². The van der Waals surface area contributed by atoms with Gasteiger partial charge in [-0.15, -0.1) is 0 Å². The predicted octanol–water partition coefficient (Wildman–Crippen LogP) is 1.89. The molecule has 1 heterocycles. The van der Waals surface area contributed by atoms with Crippen molar-refractivity contribution in [3.05, 3.63) is 0 Å². The van der Waals surface area contributed by atoms with Crippen LogP contribution in [0.3, 0.4) is 0 Å². The second kappa shape index (κ2) is 4.67. The fourth-order valence-corrected chi connectivity index (χ4v) is 2.50. The topological polar surface area (TPSA) is 21.3 Å². The van der Waals surface area contributed by atoms with E-state index in [1.165, 1.54) is 6.42 Å². The molecule has 0 saturated carbocycles. The third kappa shape index (κ3) is 3.88. The molecule has 1 N–H and O–H groups in total. The van der Waals surface area contributed by atoms with Crippen LogP contribution in [0.1, 0.15) is 27.2 Å². The van der Waals surface area contributed by atoms with Gasteiger partial charge in [0.1, 0.15) is 0 Å². The molecule has 0 amide bonds. The third-order valence-electron chi connectivity index (χ3n) is 2.21. The Hall–Kier alpha value is 0.270. The van der Waals surface area contributed by atoms with Crippen molar-refractivity contribution < 1.29 is 4.74 Å². The van der Waals surface area contributed by atoms with E-state index in [2.05, 4.69) is 32.3 Å². The molecule has 0 radical (unpaired) electrons. The lowest BCUT2D eigenvalue weighted by atomic mass is 10.0. The maximum Gasteiger partial charge on any atom is 0.0630 e. The molecule has 0 aromatic rings.